The standard InChI is InChI=1S/C20H28N4O2/c1-15-5-6-18(12-16(15)2)24-9-7-23(8-10-24)13-19-21-22-20(26-19)17-4-3-11-25-14-17/h5-6,12,17H,3-4,7-11,13-14H2,1-2H3. The van der Waals surface area contributed by atoms with Crippen LogP contribution in [0.5, 0.6) is 0 Å². The van der Waals surface area contributed by atoms with Crippen LogP contribution in [0.15, 0.2) is 22.6 Å². The minimum atomic E-state index is 0.270. The number of aryl methyl sites for hydroxylation is 2. The molecule has 0 amide bonds. The molecule has 0 radical (unpaired) electrons. The molecule has 0 bridgehead atoms. The van der Waals surface area contributed by atoms with Crippen molar-refractivity contribution in [2.24, 2.45) is 0 Å². The average Bonchev–Trinajstić information content (AvgIpc) is 3.14. The van der Waals surface area contributed by atoms with Gasteiger partial charge >= 0.3 is 0 Å². The maximum Gasteiger partial charge on any atom is 0.230 e. The molecule has 2 saturated heterocycles. The quantitative estimate of drug-likeness (QED) is 0.840. The molecule has 1 atom stereocenters. The van der Waals surface area contributed by atoms with Gasteiger partial charge in [-0.1, -0.05) is 6.07 Å². The molecular formula is C20H28N4O2. The van der Waals surface area contributed by atoms with E-state index in [4.69, 9.17) is 9.15 Å². The summed E-state index contributed by atoms with van der Waals surface area (Å²) in [6.45, 7) is 10.7. The first kappa shape index (κ1) is 17.5. The van der Waals surface area contributed by atoms with Gasteiger partial charge in [0.25, 0.3) is 0 Å². The van der Waals surface area contributed by atoms with Gasteiger partial charge in [0.05, 0.1) is 19.1 Å². The predicted octanol–water partition coefficient (Wildman–Crippen LogP) is 2.90. The normalized spacial score (nSPS) is 21.9. The van der Waals surface area contributed by atoms with E-state index in [0.717, 1.165) is 64.0 Å². The van der Waals surface area contributed by atoms with Crippen molar-refractivity contribution in [3.63, 3.8) is 0 Å². The monoisotopic (exact) mass is 356 g/mol. The lowest BCUT2D eigenvalue weighted by atomic mass is 10.0. The Labute approximate surface area is 155 Å². The number of piperazine rings is 1. The Kier molecular flexibility index (Phi) is 5.22. The smallest absolute Gasteiger partial charge is 0.230 e. The van der Waals surface area contributed by atoms with Gasteiger partial charge < -0.3 is 14.1 Å². The predicted molar refractivity (Wildman–Crippen MR) is 100 cm³/mol. The van der Waals surface area contributed by atoms with Crippen LogP contribution in [0, 0.1) is 13.8 Å². The number of hydrogen-bond acceptors (Lipinski definition) is 6. The number of anilines is 1. The fraction of sp³-hybridized carbons (Fsp3) is 0.600. The fourth-order valence-corrected chi connectivity index (χ4v) is 3.71. The second-order valence-corrected chi connectivity index (χ2v) is 7.48. The molecule has 2 aromatic rings. The third-order valence-electron chi connectivity index (χ3n) is 5.58. The molecule has 6 heteroatoms. The van der Waals surface area contributed by atoms with Gasteiger partial charge in [0.1, 0.15) is 0 Å². The van der Waals surface area contributed by atoms with Crippen LogP contribution in [-0.2, 0) is 11.3 Å². The molecule has 26 heavy (non-hydrogen) atoms. The zero-order valence-corrected chi connectivity index (χ0v) is 15.8. The molecule has 1 unspecified atom stereocenters. The Hall–Kier alpha value is -1.92. The van der Waals surface area contributed by atoms with E-state index in [-0.39, 0.29) is 5.92 Å². The van der Waals surface area contributed by atoms with Crippen LogP contribution in [0.4, 0.5) is 5.69 Å². The zero-order chi connectivity index (χ0) is 17.9. The summed E-state index contributed by atoms with van der Waals surface area (Å²) in [5.41, 5.74) is 4.03. The van der Waals surface area contributed by atoms with E-state index in [1.807, 2.05) is 0 Å². The summed E-state index contributed by atoms with van der Waals surface area (Å²) in [5, 5.41) is 8.51. The third-order valence-corrected chi connectivity index (χ3v) is 5.58. The number of hydrogen-bond donors (Lipinski definition) is 0. The minimum Gasteiger partial charge on any atom is -0.423 e. The highest BCUT2D eigenvalue weighted by Gasteiger charge is 2.24. The Morgan fingerprint density at radius 2 is 1.92 bits per heavy atom. The van der Waals surface area contributed by atoms with Crippen molar-refractivity contribution < 1.29 is 9.15 Å². The molecule has 0 spiro atoms. The van der Waals surface area contributed by atoms with Crippen LogP contribution in [0.1, 0.15) is 41.7 Å². The molecule has 0 N–H and O–H groups in total. The van der Waals surface area contributed by atoms with Gasteiger partial charge in [0.2, 0.25) is 11.8 Å². The summed E-state index contributed by atoms with van der Waals surface area (Å²) in [6.07, 6.45) is 2.15. The van der Waals surface area contributed by atoms with E-state index < -0.39 is 0 Å². The molecule has 4 rings (SSSR count). The van der Waals surface area contributed by atoms with E-state index in [1.165, 1.54) is 16.8 Å². The summed E-state index contributed by atoms with van der Waals surface area (Å²) < 4.78 is 11.4. The number of nitrogens with zero attached hydrogens (tertiary/aromatic N) is 4. The van der Waals surface area contributed by atoms with E-state index in [2.05, 4.69) is 52.0 Å². The highest BCUT2D eigenvalue weighted by atomic mass is 16.5. The second-order valence-electron chi connectivity index (χ2n) is 7.48. The van der Waals surface area contributed by atoms with Crippen molar-refractivity contribution in [2.45, 2.75) is 39.2 Å². The van der Waals surface area contributed by atoms with Crippen molar-refractivity contribution in [1.29, 1.82) is 0 Å². The summed E-state index contributed by atoms with van der Waals surface area (Å²) in [4.78, 5) is 4.85. The number of benzene rings is 1. The second kappa shape index (κ2) is 7.76. The van der Waals surface area contributed by atoms with E-state index in [0.29, 0.717) is 6.61 Å². The SMILES string of the molecule is Cc1ccc(N2CCN(Cc3nnc(C4CCCOC4)o3)CC2)cc1C. The van der Waals surface area contributed by atoms with Gasteiger partial charge in [-0.05, 0) is 49.9 Å². The Balaban J connectivity index is 1.31. The highest BCUT2D eigenvalue weighted by molar-refractivity contribution is 5.51. The van der Waals surface area contributed by atoms with Crippen molar-refractivity contribution in [3.05, 3.63) is 41.1 Å². The average molecular weight is 356 g/mol. The Bertz CT molecular complexity index is 731. The van der Waals surface area contributed by atoms with Crippen LogP contribution in [0.2, 0.25) is 0 Å². The summed E-state index contributed by atoms with van der Waals surface area (Å²) in [5.74, 6) is 1.74. The van der Waals surface area contributed by atoms with E-state index in [1.54, 1.807) is 0 Å². The maximum atomic E-state index is 5.91. The van der Waals surface area contributed by atoms with Crippen LogP contribution < -0.4 is 4.90 Å². The topological polar surface area (TPSA) is 54.6 Å². The van der Waals surface area contributed by atoms with Crippen LogP contribution in [0.3, 0.4) is 0 Å². The summed E-state index contributed by atoms with van der Waals surface area (Å²) in [7, 11) is 0. The molecule has 0 saturated carbocycles. The molecule has 2 aliphatic rings. The first-order chi connectivity index (χ1) is 12.7. The largest absolute Gasteiger partial charge is 0.423 e. The van der Waals surface area contributed by atoms with Crippen molar-refractivity contribution in [3.8, 4) is 0 Å². The van der Waals surface area contributed by atoms with Gasteiger partial charge in [0, 0.05) is 38.5 Å². The zero-order valence-electron chi connectivity index (χ0n) is 15.8. The Morgan fingerprint density at radius 1 is 1.08 bits per heavy atom. The molecule has 1 aromatic carbocycles. The number of aromatic nitrogens is 2. The van der Waals surface area contributed by atoms with Gasteiger partial charge in [-0.25, -0.2) is 0 Å². The maximum absolute atomic E-state index is 5.91. The molecule has 2 fully saturated rings. The molecule has 140 valence electrons. The minimum absolute atomic E-state index is 0.270. The summed E-state index contributed by atoms with van der Waals surface area (Å²) in [6, 6.07) is 6.74. The van der Waals surface area contributed by atoms with Crippen LogP contribution >= 0.6 is 0 Å². The van der Waals surface area contributed by atoms with Crippen LogP contribution in [-0.4, -0.2) is 54.5 Å². The lowest BCUT2D eigenvalue weighted by molar-refractivity contribution is 0.0717. The van der Waals surface area contributed by atoms with Crippen LogP contribution in [0.25, 0.3) is 0 Å². The van der Waals surface area contributed by atoms with Gasteiger partial charge in [-0.2, -0.15) is 0 Å². The van der Waals surface area contributed by atoms with Gasteiger partial charge in [-0.15, -0.1) is 10.2 Å². The van der Waals surface area contributed by atoms with Crippen molar-refractivity contribution >= 4 is 5.69 Å². The van der Waals surface area contributed by atoms with Crippen molar-refractivity contribution in [2.75, 3.05) is 44.3 Å². The summed E-state index contributed by atoms with van der Waals surface area (Å²) >= 11 is 0. The van der Waals surface area contributed by atoms with Gasteiger partial charge in [-0.3, -0.25) is 4.90 Å². The first-order valence-electron chi connectivity index (χ1n) is 9.63. The molecular weight excluding hydrogens is 328 g/mol. The van der Waals surface area contributed by atoms with Crippen molar-refractivity contribution in [1.82, 2.24) is 15.1 Å². The lowest BCUT2D eigenvalue weighted by Crippen LogP contribution is -2.46. The molecule has 2 aliphatic heterocycles. The first-order valence-corrected chi connectivity index (χ1v) is 9.63. The lowest BCUT2D eigenvalue weighted by Gasteiger charge is -2.35. The molecule has 6 nitrogen and oxygen atoms in total. The number of rotatable bonds is 4. The van der Waals surface area contributed by atoms with E-state index >= 15 is 0 Å². The molecule has 0 aliphatic carbocycles. The number of ether oxygens (including phenoxy) is 1. The molecule has 3 heterocycles. The fourth-order valence-electron chi connectivity index (χ4n) is 3.71. The molecule has 1 aromatic heterocycles. The highest BCUT2D eigenvalue weighted by Crippen LogP contribution is 2.25. The van der Waals surface area contributed by atoms with E-state index in [9.17, 15) is 0 Å². The third kappa shape index (κ3) is 3.91. The Morgan fingerprint density at radius 3 is 2.65 bits per heavy atom. The van der Waals surface area contributed by atoms with Gasteiger partial charge in [0.15, 0.2) is 0 Å².